The van der Waals surface area contributed by atoms with E-state index in [1.165, 1.54) is 22.4 Å². The lowest BCUT2D eigenvalue weighted by Gasteiger charge is -2.09. The van der Waals surface area contributed by atoms with Crippen LogP contribution in [0.25, 0.3) is 27.9 Å². The Morgan fingerprint density at radius 3 is 2.71 bits per heavy atom. The maximum absolute atomic E-state index is 4.78. The average molecular weight is 316 g/mol. The molecule has 3 heteroatoms. The van der Waals surface area contributed by atoms with Crippen molar-refractivity contribution in [1.29, 1.82) is 0 Å². The summed E-state index contributed by atoms with van der Waals surface area (Å²) in [4.78, 5) is 4.78. The molecule has 0 spiro atoms. The van der Waals surface area contributed by atoms with Crippen LogP contribution in [-0.2, 0) is 7.05 Å². The summed E-state index contributed by atoms with van der Waals surface area (Å²) < 4.78 is 4.34. The predicted molar refractivity (Wildman–Crippen MR) is 98.1 cm³/mol. The molecule has 3 nitrogen and oxygen atoms in total. The van der Waals surface area contributed by atoms with Crippen LogP contribution in [0.15, 0.2) is 54.9 Å². The van der Waals surface area contributed by atoms with Crippen LogP contribution < -0.4 is 4.57 Å². The van der Waals surface area contributed by atoms with Gasteiger partial charge in [-0.2, -0.15) is 0 Å². The van der Waals surface area contributed by atoms with E-state index >= 15 is 0 Å². The van der Waals surface area contributed by atoms with E-state index in [4.69, 9.17) is 4.98 Å². The van der Waals surface area contributed by atoms with Crippen molar-refractivity contribution in [3.8, 4) is 11.3 Å². The maximum Gasteiger partial charge on any atom is 0.212 e. The van der Waals surface area contributed by atoms with Crippen LogP contribution in [0.5, 0.6) is 0 Å². The van der Waals surface area contributed by atoms with Gasteiger partial charge in [0.15, 0.2) is 6.20 Å². The van der Waals surface area contributed by atoms with Crippen molar-refractivity contribution < 1.29 is 4.57 Å². The zero-order valence-corrected chi connectivity index (χ0v) is 14.6. The Labute approximate surface area is 142 Å². The van der Waals surface area contributed by atoms with Gasteiger partial charge < -0.3 is 0 Å². The lowest BCUT2D eigenvalue weighted by Crippen LogP contribution is -2.30. The molecule has 3 aromatic heterocycles. The molecule has 0 radical (unpaired) electrons. The molecule has 0 bridgehead atoms. The molecule has 0 fully saturated rings. The topological polar surface area (TPSA) is 21.2 Å². The first-order chi connectivity index (χ1) is 11.5. The van der Waals surface area contributed by atoms with Crippen LogP contribution >= 0.6 is 0 Å². The maximum atomic E-state index is 4.78. The van der Waals surface area contributed by atoms with Gasteiger partial charge >= 0.3 is 0 Å². The fourth-order valence-electron chi connectivity index (χ4n) is 3.30. The van der Waals surface area contributed by atoms with E-state index in [9.17, 15) is 0 Å². The van der Waals surface area contributed by atoms with E-state index in [2.05, 4.69) is 73.4 Å². The van der Waals surface area contributed by atoms with Gasteiger partial charge in [-0.3, -0.25) is 4.40 Å². The van der Waals surface area contributed by atoms with Crippen molar-refractivity contribution >= 4 is 16.7 Å². The number of benzene rings is 1. The van der Waals surface area contributed by atoms with E-state index in [1.54, 1.807) is 0 Å². The third-order valence-electron chi connectivity index (χ3n) is 4.77. The molecular weight excluding hydrogens is 294 g/mol. The van der Waals surface area contributed by atoms with Crippen molar-refractivity contribution in [2.45, 2.75) is 26.7 Å². The molecule has 0 N–H and O–H groups in total. The molecule has 24 heavy (non-hydrogen) atoms. The van der Waals surface area contributed by atoms with Crippen LogP contribution in [0.1, 0.15) is 30.9 Å². The normalized spacial score (nSPS) is 11.7. The molecule has 0 unspecified atom stereocenters. The highest BCUT2D eigenvalue weighted by Crippen LogP contribution is 2.28. The lowest BCUT2D eigenvalue weighted by molar-refractivity contribution is -0.660. The number of aryl methyl sites for hydroxylation is 2. The van der Waals surface area contributed by atoms with E-state index in [-0.39, 0.29) is 0 Å². The van der Waals surface area contributed by atoms with Crippen molar-refractivity contribution in [1.82, 2.24) is 9.38 Å². The highest BCUT2D eigenvalue weighted by Gasteiger charge is 2.17. The fraction of sp³-hybridized carbons (Fsp3) is 0.238. The van der Waals surface area contributed by atoms with Crippen molar-refractivity contribution in [3.05, 3.63) is 66.0 Å². The number of hydrogen-bond donors (Lipinski definition) is 0. The van der Waals surface area contributed by atoms with E-state index < -0.39 is 0 Å². The van der Waals surface area contributed by atoms with Crippen LogP contribution in [0.3, 0.4) is 0 Å². The van der Waals surface area contributed by atoms with Crippen LogP contribution in [0.4, 0.5) is 0 Å². The number of aromatic nitrogens is 3. The Bertz CT molecular complexity index is 1060. The van der Waals surface area contributed by atoms with Gasteiger partial charge in [-0.05, 0) is 48.2 Å². The van der Waals surface area contributed by atoms with Crippen LogP contribution in [0, 0.1) is 6.92 Å². The Balaban J connectivity index is 1.99. The van der Waals surface area contributed by atoms with E-state index in [0.717, 1.165) is 16.7 Å². The quantitative estimate of drug-likeness (QED) is 0.502. The number of hydrogen-bond acceptors (Lipinski definition) is 1. The Morgan fingerprint density at radius 1 is 1.08 bits per heavy atom. The average Bonchev–Trinajstić information content (AvgIpc) is 2.92. The Hall–Kier alpha value is -2.68. The summed E-state index contributed by atoms with van der Waals surface area (Å²) in [6.45, 7) is 6.65. The Kier molecular flexibility index (Phi) is 3.38. The lowest BCUT2D eigenvalue weighted by atomic mass is 9.98. The standard InChI is InChI=1S/C21H22N3/c1-14(2)16-8-10-23(4)19(12-16)17-13-18-20(11-15(17)3)24-9-6-5-7-21(24)22-18/h5-14H,1-4H3/q+1. The second kappa shape index (κ2) is 5.45. The van der Waals surface area contributed by atoms with Crippen molar-refractivity contribution in [2.24, 2.45) is 7.05 Å². The van der Waals surface area contributed by atoms with Gasteiger partial charge in [0.05, 0.1) is 16.6 Å². The molecule has 0 aliphatic rings. The highest BCUT2D eigenvalue weighted by atomic mass is 15.0. The largest absolute Gasteiger partial charge is 0.300 e. The van der Waals surface area contributed by atoms with Gasteiger partial charge in [0.2, 0.25) is 5.69 Å². The summed E-state index contributed by atoms with van der Waals surface area (Å²) in [5.74, 6) is 0.518. The molecule has 4 rings (SSSR count). The number of pyridine rings is 2. The zero-order valence-electron chi connectivity index (χ0n) is 14.6. The molecule has 0 amide bonds. The Morgan fingerprint density at radius 2 is 1.92 bits per heavy atom. The predicted octanol–water partition coefficient (Wildman–Crippen LogP) is 4.41. The molecule has 0 saturated heterocycles. The van der Waals surface area contributed by atoms with Crippen molar-refractivity contribution in [3.63, 3.8) is 0 Å². The minimum absolute atomic E-state index is 0.518. The fourth-order valence-corrected chi connectivity index (χ4v) is 3.30. The number of imidazole rings is 1. The summed E-state index contributed by atoms with van der Waals surface area (Å²) in [6, 6.07) is 15.1. The highest BCUT2D eigenvalue weighted by molar-refractivity contribution is 5.86. The summed E-state index contributed by atoms with van der Waals surface area (Å²) in [7, 11) is 2.10. The third kappa shape index (κ3) is 2.28. The molecule has 0 aliphatic heterocycles. The van der Waals surface area contributed by atoms with Gasteiger partial charge in [0.1, 0.15) is 12.7 Å². The molecule has 120 valence electrons. The van der Waals surface area contributed by atoms with Gasteiger partial charge in [-0.1, -0.05) is 19.9 Å². The van der Waals surface area contributed by atoms with Crippen molar-refractivity contribution in [2.75, 3.05) is 0 Å². The van der Waals surface area contributed by atoms with Crippen LogP contribution in [0.2, 0.25) is 0 Å². The second-order valence-electron chi connectivity index (χ2n) is 6.81. The number of fused-ring (bicyclic) bond motifs is 3. The minimum atomic E-state index is 0.518. The summed E-state index contributed by atoms with van der Waals surface area (Å²) in [6.07, 6.45) is 4.22. The molecule has 4 aromatic rings. The van der Waals surface area contributed by atoms with E-state index in [1.807, 2.05) is 18.2 Å². The molecule has 3 heterocycles. The van der Waals surface area contributed by atoms with Gasteiger partial charge in [-0.25, -0.2) is 9.55 Å². The second-order valence-corrected chi connectivity index (χ2v) is 6.81. The number of nitrogens with zero attached hydrogens (tertiary/aromatic N) is 3. The third-order valence-corrected chi connectivity index (χ3v) is 4.77. The van der Waals surface area contributed by atoms with Gasteiger partial charge in [0.25, 0.3) is 0 Å². The van der Waals surface area contributed by atoms with Crippen LogP contribution in [-0.4, -0.2) is 9.38 Å². The molecular formula is C21H22N3+. The van der Waals surface area contributed by atoms with E-state index in [0.29, 0.717) is 5.92 Å². The van der Waals surface area contributed by atoms with Gasteiger partial charge in [0, 0.05) is 18.3 Å². The summed E-state index contributed by atoms with van der Waals surface area (Å²) in [5.41, 5.74) is 8.30. The first kappa shape index (κ1) is 14.9. The number of rotatable bonds is 2. The molecule has 1 aromatic carbocycles. The smallest absolute Gasteiger partial charge is 0.212 e. The summed E-state index contributed by atoms with van der Waals surface area (Å²) >= 11 is 0. The van der Waals surface area contributed by atoms with Gasteiger partial charge in [-0.15, -0.1) is 0 Å². The summed E-state index contributed by atoms with van der Waals surface area (Å²) in [5, 5.41) is 0. The first-order valence-electron chi connectivity index (χ1n) is 8.42. The molecule has 0 saturated carbocycles. The molecule has 0 atom stereocenters. The minimum Gasteiger partial charge on any atom is -0.300 e. The monoisotopic (exact) mass is 316 g/mol. The molecule has 0 aliphatic carbocycles. The zero-order chi connectivity index (χ0) is 16.8. The SMILES string of the molecule is Cc1cc2c(cc1-c1cc(C(C)C)cc[n+]1C)nc1ccccn12. The first-order valence-corrected chi connectivity index (χ1v) is 8.42.